The maximum absolute atomic E-state index is 6.11. The standard InChI is InChI=1S/C13H10N2S2/c14-11-8-9(12-5-6-15-17-12)3-4-10(11)13-2-1-7-16-13/h1-8H,14H2. The molecule has 0 spiro atoms. The zero-order chi connectivity index (χ0) is 11.7. The highest BCUT2D eigenvalue weighted by Crippen LogP contribution is 2.33. The van der Waals surface area contributed by atoms with E-state index in [1.165, 1.54) is 16.4 Å². The highest BCUT2D eigenvalue weighted by atomic mass is 32.1. The van der Waals surface area contributed by atoms with Crippen molar-refractivity contribution in [3.8, 4) is 20.9 Å². The summed E-state index contributed by atoms with van der Waals surface area (Å²) in [5, 5.41) is 2.06. The lowest BCUT2D eigenvalue weighted by atomic mass is 10.1. The fraction of sp³-hybridized carbons (Fsp3) is 0. The molecule has 0 aliphatic carbocycles. The Morgan fingerprint density at radius 1 is 1.06 bits per heavy atom. The third-order valence-corrected chi connectivity index (χ3v) is 4.26. The molecule has 2 aromatic heterocycles. The van der Waals surface area contributed by atoms with Crippen molar-refractivity contribution in [1.29, 1.82) is 0 Å². The van der Waals surface area contributed by atoms with E-state index in [4.69, 9.17) is 5.73 Å². The van der Waals surface area contributed by atoms with Gasteiger partial charge in [0.2, 0.25) is 0 Å². The summed E-state index contributed by atoms with van der Waals surface area (Å²) in [6.45, 7) is 0. The Morgan fingerprint density at radius 3 is 2.65 bits per heavy atom. The van der Waals surface area contributed by atoms with Gasteiger partial charge in [0.25, 0.3) is 0 Å². The minimum atomic E-state index is 0.818. The van der Waals surface area contributed by atoms with Gasteiger partial charge in [0.15, 0.2) is 0 Å². The molecule has 84 valence electrons. The fourth-order valence-corrected chi connectivity index (χ4v) is 3.10. The van der Waals surface area contributed by atoms with Gasteiger partial charge in [0.1, 0.15) is 0 Å². The average molecular weight is 258 g/mol. The molecule has 17 heavy (non-hydrogen) atoms. The Hall–Kier alpha value is -1.65. The van der Waals surface area contributed by atoms with Gasteiger partial charge >= 0.3 is 0 Å². The molecule has 0 unspecified atom stereocenters. The molecule has 4 heteroatoms. The number of thiophene rings is 1. The molecular formula is C13H10N2S2. The van der Waals surface area contributed by atoms with Crippen molar-refractivity contribution in [3.05, 3.63) is 48.0 Å². The summed E-state index contributed by atoms with van der Waals surface area (Å²) >= 11 is 3.19. The van der Waals surface area contributed by atoms with Crippen LogP contribution in [0.2, 0.25) is 0 Å². The number of hydrogen-bond acceptors (Lipinski definition) is 4. The van der Waals surface area contributed by atoms with Crippen molar-refractivity contribution >= 4 is 28.6 Å². The van der Waals surface area contributed by atoms with Gasteiger partial charge in [-0.2, -0.15) is 0 Å². The number of benzene rings is 1. The predicted molar refractivity (Wildman–Crippen MR) is 75.3 cm³/mol. The SMILES string of the molecule is Nc1cc(-c2ccns2)ccc1-c1cccs1. The first-order valence-electron chi connectivity index (χ1n) is 5.19. The van der Waals surface area contributed by atoms with E-state index in [1.807, 2.05) is 24.4 Å². The molecule has 0 atom stereocenters. The normalized spacial score (nSPS) is 10.6. The second kappa shape index (κ2) is 4.31. The topological polar surface area (TPSA) is 38.9 Å². The average Bonchev–Trinajstić information content (AvgIpc) is 3.02. The van der Waals surface area contributed by atoms with Crippen LogP contribution < -0.4 is 5.73 Å². The van der Waals surface area contributed by atoms with Crippen LogP contribution in [0.4, 0.5) is 5.69 Å². The Labute approximate surface area is 108 Å². The third kappa shape index (κ3) is 1.97. The van der Waals surface area contributed by atoms with Crippen molar-refractivity contribution in [2.45, 2.75) is 0 Å². The number of hydrogen-bond donors (Lipinski definition) is 1. The minimum absolute atomic E-state index is 0.818. The maximum atomic E-state index is 6.11. The molecule has 0 saturated carbocycles. The summed E-state index contributed by atoms with van der Waals surface area (Å²) in [6.07, 6.45) is 1.81. The van der Waals surface area contributed by atoms with Crippen molar-refractivity contribution < 1.29 is 0 Å². The third-order valence-electron chi connectivity index (χ3n) is 2.56. The van der Waals surface area contributed by atoms with Crippen LogP contribution in [-0.2, 0) is 0 Å². The van der Waals surface area contributed by atoms with Gasteiger partial charge in [-0.3, -0.25) is 0 Å². The lowest BCUT2D eigenvalue weighted by Gasteiger charge is -2.05. The molecular weight excluding hydrogens is 248 g/mol. The molecule has 2 nitrogen and oxygen atoms in total. The van der Waals surface area contributed by atoms with E-state index in [2.05, 4.69) is 28.0 Å². The lowest BCUT2D eigenvalue weighted by Crippen LogP contribution is -1.89. The predicted octanol–water partition coefficient (Wildman–Crippen LogP) is 4.12. The molecule has 3 rings (SSSR count). The Balaban J connectivity index is 2.06. The molecule has 1 aromatic carbocycles. The number of nitrogen functional groups attached to an aromatic ring is 1. The van der Waals surface area contributed by atoms with Crippen LogP contribution in [0, 0.1) is 0 Å². The molecule has 2 N–H and O–H groups in total. The summed E-state index contributed by atoms with van der Waals surface area (Å²) < 4.78 is 4.10. The number of aromatic nitrogens is 1. The highest BCUT2D eigenvalue weighted by Gasteiger charge is 2.06. The zero-order valence-corrected chi connectivity index (χ0v) is 10.6. The van der Waals surface area contributed by atoms with Crippen molar-refractivity contribution in [2.75, 3.05) is 5.73 Å². The van der Waals surface area contributed by atoms with Gasteiger partial charge in [0, 0.05) is 22.3 Å². The van der Waals surface area contributed by atoms with Crippen molar-refractivity contribution in [2.24, 2.45) is 0 Å². The summed E-state index contributed by atoms with van der Waals surface area (Å²) in [5.41, 5.74) is 9.16. The van der Waals surface area contributed by atoms with Gasteiger partial charge in [-0.05, 0) is 40.7 Å². The van der Waals surface area contributed by atoms with E-state index in [0.717, 1.165) is 21.7 Å². The van der Waals surface area contributed by atoms with Crippen LogP contribution >= 0.6 is 22.9 Å². The van der Waals surface area contributed by atoms with Gasteiger partial charge < -0.3 is 5.73 Å². The summed E-state index contributed by atoms with van der Waals surface area (Å²) in [7, 11) is 0. The molecule has 0 radical (unpaired) electrons. The quantitative estimate of drug-likeness (QED) is 0.702. The molecule has 3 aromatic rings. The molecule has 0 bridgehead atoms. The molecule has 0 aliphatic heterocycles. The van der Waals surface area contributed by atoms with Crippen LogP contribution in [0.25, 0.3) is 20.9 Å². The number of anilines is 1. The van der Waals surface area contributed by atoms with E-state index in [0.29, 0.717) is 0 Å². The number of nitrogens with two attached hydrogens (primary N) is 1. The molecule has 0 fully saturated rings. The van der Waals surface area contributed by atoms with Gasteiger partial charge in [-0.1, -0.05) is 18.2 Å². The molecule has 0 aliphatic rings. The molecule has 2 heterocycles. The van der Waals surface area contributed by atoms with Crippen LogP contribution in [0.5, 0.6) is 0 Å². The van der Waals surface area contributed by atoms with E-state index in [1.54, 1.807) is 11.3 Å². The largest absolute Gasteiger partial charge is 0.398 e. The van der Waals surface area contributed by atoms with Crippen molar-refractivity contribution in [1.82, 2.24) is 4.37 Å². The first kappa shape index (κ1) is 10.5. The Morgan fingerprint density at radius 2 is 2.00 bits per heavy atom. The van der Waals surface area contributed by atoms with Gasteiger partial charge in [-0.25, -0.2) is 4.37 Å². The highest BCUT2D eigenvalue weighted by molar-refractivity contribution is 7.13. The van der Waals surface area contributed by atoms with Crippen LogP contribution in [0.1, 0.15) is 0 Å². The second-order valence-electron chi connectivity index (χ2n) is 3.66. The zero-order valence-electron chi connectivity index (χ0n) is 8.96. The van der Waals surface area contributed by atoms with E-state index in [9.17, 15) is 0 Å². The van der Waals surface area contributed by atoms with Crippen molar-refractivity contribution in [3.63, 3.8) is 0 Å². The second-order valence-corrected chi connectivity index (χ2v) is 5.44. The monoisotopic (exact) mass is 258 g/mol. The van der Waals surface area contributed by atoms with E-state index in [-0.39, 0.29) is 0 Å². The first-order valence-corrected chi connectivity index (χ1v) is 6.84. The Kier molecular flexibility index (Phi) is 2.66. The maximum Gasteiger partial charge on any atom is 0.0550 e. The summed E-state index contributed by atoms with van der Waals surface area (Å²) in [5.74, 6) is 0. The lowest BCUT2D eigenvalue weighted by molar-refractivity contribution is 1.58. The first-order chi connectivity index (χ1) is 8.34. The van der Waals surface area contributed by atoms with E-state index >= 15 is 0 Å². The number of nitrogens with zero attached hydrogens (tertiary/aromatic N) is 1. The van der Waals surface area contributed by atoms with Crippen LogP contribution in [0.3, 0.4) is 0 Å². The van der Waals surface area contributed by atoms with Crippen LogP contribution in [-0.4, -0.2) is 4.37 Å². The number of rotatable bonds is 2. The van der Waals surface area contributed by atoms with Gasteiger partial charge in [0.05, 0.1) is 4.88 Å². The van der Waals surface area contributed by atoms with Crippen LogP contribution in [0.15, 0.2) is 48.0 Å². The smallest absolute Gasteiger partial charge is 0.0550 e. The van der Waals surface area contributed by atoms with E-state index < -0.39 is 0 Å². The molecule has 0 amide bonds. The summed E-state index contributed by atoms with van der Waals surface area (Å²) in [4.78, 5) is 2.35. The Bertz CT molecular complexity index is 613. The molecule has 0 saturated heterocycles. The minimum Gasteiger partial charge on any atom is -0.398 e. The summed E-state index contributed by atoms with van der Waals surface area (Å²) in [6, 6.07) is 12.3. The van der Waals surface area contributed by atoms with Gasteiger partial charge in [-0.15, -0.1) is 11.3 Å². The fourth-order valence-electron chi connectivity index (χ4n) is 1.74.